The molecule has 1 N–H and O–H groups in total. The minimum atomic E-state index is -0.323. The van der Waals surface area contributed by atoms with Gasteiger partial charge in [0.2, 0.25) is 0 Å². The number of carbonyl (C=O) groups is 1. The summed E-state index contributed by atoms with van der Waals surface area (Å²) >= 11 is 0. The van der Waals surface area contributed by atoms with Gasteiger partial charge in [0.1, 0.15) is 6.61 Å². The van der Waals surface area contributed by atoms with Crippen LogP contribution in [0.25, 0.3) is 0 Å². The van der Waals surface area contributed by atoms with Gasteiger partial charge in [-0.1, -0.05) is 12.8 Å². The summed E-state index contributed by atoms with van der Waals surface area (Å²) in [6.07, 6.45) is 4.12. The molecule has 5 nitrogen and oxygen atoms in total. The maximum Gasteiger partial charge on any atom is 0.410 e. The van der Waals surface area contributed by atoms with Crippen LogP contribution in [0.1, 0.15) is 32.1 Å². The lowest BCUT2D eigenvalue weighted by molar-refractivity contribution is 0.152. The van der Waals surface area contributed by atoms with Crippen LogP contribution in [0.2, 0.25) is 0 Å². The third-order valence-corrected chi connectivity index (χ3v) is 2.72. The van der Waals surface area contributed by atoms with E-state index in [-0.39, 0.29) is 18.7 Å². The number of nitrogens with zero attached hydrogens (tertiary/aromatic N) is 2. The third-order valence-electron chi connectivity index (χ3n) is 2.72. The molecule has 16 heavy (non-hydrogen) atoms. The molecule has 0 bridgehead atoms. The Morgan fingerprint density at radius 1 is 1.44 bits per heavy atom. The van der Waals surface area contributed by atoms with Crippen molar-refractivity contribution in [2.75, 3.05) is 19.8 Å². The average Bonchev–Trinajstić information content (AvgIpc) is 2.65. The summed E-state index contributed by atoms with van der Waals surface area (Å²) in [6.45, 7) is 0.889. The van der Waals surface area contributed by atoms with Gasteiger partial charge in [-0.25, -0.2) is 4.79 Å². The Hall–Kier alpha value is -1.28. The number of hydrogen-bond acceptors (Lipinski definition) is 4. The van der Waals surface area contributed by atoms with E-state index in [2.05, 4.69) is 6.07 Å². The van der Waals surface area contributed by atoms with Crippen molar-refractivity contribution in [2.24, 2.45) is 0 Å². The summed E-state index contributed by atoms with van der Waals surface area (Å²) in [5.41, 5.74) is 0. The van der Waals surface area contributed by atoms with E-state index in [0.29, 0.717) is 19.6 Å². The highest BCUT2D eigenvalue weighted by molar-refractivity contribution is 5.70. The maximum atomic E-state index is 11.3. The summed E-state index contributed by atoms with van der Waals surface area (Å²) in [5, 5.41) is 17.4. The first-order valence-electron chi connectivity index (χ1n) is 5.70. The zero-order valence-electron chi connectivity index (χ0n) is 9.39. The molecule has 0 aliphatic carbocycles. The van der Waals surface area contributed by atoms with Crippen molar-refractivity contribution < 1.29 is 14.6 Å². The molecule has 1 aliphatic rings. The second-order valence-electron chi connectivity index (χ2n) is 3.93. The number of aliphatic hydroxyl groups excluding tert-OH is 1. The van der Waals surface area contributed by atoms with E-state index in [1.807, 2.05) is 0 Å². The van der Waals surface area contributed by atoms with Gasteiger partial charge in [-0.05, 0) is 12.8 Å². The van der Waals surface area contributed by atoms with Gasteiger partial charge in [0.05, 0.1) is 18.7 Å². The van der Waals surface area contributed by atoms with Gasteiger partial charge in [0.25, 0.3) is 0 Å². The topological polar surface area (TPSA) is 73.6 Å². The normalized spacial score (nSPS) is 19.6. The standard InChI is InChI=1S/C11H18N2O3/c12-6-4-2-1-3-5-7-13-10(8-14)9-16-11(13)15/h10,14H,1-5,7-9H2. The number of aliphatic hydroxyl groups is 1. The quantitative estimate of drug-likeness (QED) is 0.663. The van der Waals surface area contributed by atoms with Crippen LogP contribution in [0.4, 0.5) is 4.79 Å². The molecule has 5 heteroatoms. The van der Waals surface area contributed by atoms with E-state index in [1.54, 1.807) is 4.90 Å². The van der Waals surface area contributed by atoms with Crippen molar-refractivity contribution in [2.45, 2.75) is 38.1 Å². The lowest BCUT2D eigenvalue weighted by Crippen LogP contribution is -2.36. The maximum absolute atomic E-state index is 11.3. The Kier molecular flexibility index (Phi) is 5.65. The molecular formula is C11H18N2O3. The molecule has 1 unspecified atom stereocenters. The second-order valence-corrected chi connectivity index (χ2v) is 3.93. The Morgan fingerprint density at radius 3 is 2.88 bits per heavy atom. The van der Waals surface area contributed by atoms with E-state index in [9.17, 15) is 4.79 Å². The van der Waals surface area contributed by atoms with Gasteiger partial charge in [-0.15, -0.1) is 0 Å². The van der Waals surface area contributed by atoms with Crippen LogP contribution in [0.15, 0.2) is 0 Å². The van der Waals surface area contributed by atoms with Crippen molar-refractivity contribution in [1.29, 1.82) is 5.26 Å². The van der Waals surface area contributed by atoms with Crippen LogP contribution in [-0.2, 0) is 4.74 Å². The summed E-state index contributed by atoms with van der Waals surface area (Å²) < 4.78 is 4.85. The number of hydrogen-bond donors (Lipinski definition) is 1. The fraction of sp³-hybridized carbons (Fsp3) is 0.818. The van der Waals surface area contributed by atoms with Gasteiger partial charge in [0, 0.05) is 13.0 Å². The molecule has 1 atom stereocenters. The summed E-state index contributed by atoms with van der Waals surface area (Å²) in [6, 6.07) is 1.93. The van der Waals surface area contributed by atoms with Crippen molar-refractivity contribution in [3.8, 4) is 6.07 Å². The van der Waals surface area contributed by atoms with Crippen molar-refractivity contribution in [3.63, 3.8) is 0 Å². The average molecular weight is 226 g/mol. The molecule has 1 aliphatic heterocycles. The lowest BCUT2D eigenvalue weighted by atomic mass is 10.1. The third kappa shape index (κ3) is 3.70. The lowest BCUT2D eigenvalue weighted by Gasteiger charge is -2.19. The predicted molar refractivity (Wildman–Crippen MR) is 57.6 cm³/mol. The summed E-state index contributed by atoms with van der Waals surface area (Å²) in [4.78, 5) is 12.8. The number of unbranched alkanes of at least 4 members (excludes halogenated alkanes) is 4. The van der Waals surface area contributed by atoms with Gasteiger partial charge in [-0.3, -0.25) is 4.90 Å². The summed E-state index contributed by atoms with van der Waals surface area (Å²) in [7, 11) is 0. The van der Waals surface area contributed by atoms with E-state index >= 15 is 0 Å². The van der Waals surface area contributed by atoms with E-state index in [1.165, 1.54) is 0 Å². The number of amides is 1. The molecule has 1 rings (SSSR count). The molecule has 1 heterocycles. The Morgan fingerprint density at radius 2 is 2.19 bits per heavy atom. The first kappa shape index (κ1) is 12.8. The molecule has 1 saturated heterocycles. The molecule has 0 aromatic heterocycles. The molecular weight excluding hydrogens is 208 g/mol. The summed E-state index contributed by atoms with van der Waals surface area (Å²) in [5.74, 6) is 0. The Bertz CT molecular complexity index is 262. The number of cyclic esters (lactones) is 1. The van der Waals surface area contributed by atoms with Gasteiger partial charge in [-0.2, -0.15) is 5.26 Å². The van der Waals surface area contributed by atoms with Gasteiger partial charge < -0.3 is 9.84 Å². The molecule has 0 aromatic carbocycles. The van der Waals surface area contributed by atoms with Crippen LogP contribution < -0.4 is 0 Å². The highest BCUT2D eigenvalue weighted by Crippen LogP contribution is 2.13. The van der Waals surface area contributed by atoms with Crippen LogP contribution in [0.3, 0.4) is 0 Å². The number of rotatable bonds is 7. The first-order valence-corrected chi connectivity index (χ1v) is 5.70. The highest BCUT2D eigenvalue weighted by atomic mass is 16.6. The zero-order valence-corrected chi connectivity index (χ0v) is 9.39. The van der Waals surface area contributed by atoms with Crippen molar-refractivity contribution in [3.05, 3.63) is 0 Å². The smallest absolute Gasteiger partial charge is 0.410 e. The van der Waals surface area contributed by atoms with E-state index < -0.39 is 0 Å². The molecule has 0 radical (unpaired) electrons. The largest absolute Gasteiger partial charge is 0.447 e. The monoisotopic (exact) mass is 226 g/mol. The minimum Gasteiger partial charge on any atom is -0.447 e. The molecule has 0 spiro atoms. The molecule has 90 valence electrons. The second kappa shape index (κ2) is 7.07. The molecule has 1 amide bonds. The number of carbonyl (C=O) groups excluding carboxylic acids is 1. The SMILES string of the molecule is N#CCCCCCCN1C(=O)OCC1CO. The Balaban J connectivity index is 2.12. The van der Waals surface area contributed by atoms with Crippen molar-refractivity contribution >= 4 is 6.09 Å². The highest BCUT2D eigenvalue weighted by Gasteiger charge is 2.31. The Labute approximate surface area is 95.6 Å². The fourth-order valence-electron chi connectivity index (χ4n) is 1.75. The van der Waals surface area contributed by atoms with Gasteiger partial charge in [0.15, 0.2) is 0 Å². The molecule has 0 aromatic rings. The van der Waals surface area contributed by atoms with Crippen LogP contribution in [0.5, 0.6) is 0 Å². The fourth-order valence-corrected chi connectivity index (χ4v) is 1.75. The van der Waals surface area contributed by atoms with E-state index in [4.69, 9.17) is 15.1 Å². The van der Waals surface area contributed by atoms with E-state index in [0.717, 1.165) is 25.7 Å². The number of nitriles is 1. The predicted octanol–water partition coefficient (Wildman–Crippen LogP) is 1.27. The van der Waals surface area contributed by atoms with Gasteiger partial charge >= 0.3 is 6.09 Å². The van der Waals surface area contributed by atoms with Crippen LogP contribution >= 0.6 is 0 Å². The zero-order chi connectivity index (χ0) is 11.8. The minimum absolute atomic E-state index is 0.0415. The molecule has 0 saturated carbocycles. The number of ether oxygens (including phenoxy) is 1. The van der Waals surface area contributed by atoms with Crippen molar-refractivity contribution in [1.82, 2.24) is 4.90 Å². The molecule has 1 fully saturated rings. The van der Waals surface area contributed by atoms with Crippen LogP contribution in [0, 0.1) is 11.3 Å². The first-order chi connectivity index (χ1) is 7.79. The van der Waals surface area contributed by atoms with Crippen LogP contribution in [-0.4, -0.2) is 41.9 Å².